The van der Waals surface area contributed by atoms with Crippen LogP contribution in [0.5, 0.6) is 11.5 Å². The second-order valence-corrected chi connectivity index (χ2v) is 7.63. The molecule has 1 N–H and O–H groups in total. The highest BCUT2D eigenvalue weighted by Gasteiger charge is 2.12. The van der Waals surface area contributed by atoms with Gasteiger partial charge in [0.25, 0.3) is 0 Å². The van der Waals surface area contributed by atoms with E-state index in [2.05, 4.69) is 31.4 Å². The van der Waals surface area contributed by atoms with Crippen molar-refractivity contribution in [2.24, 2.45) is 7.05 Å². The van der Waals surface area contributed by atoms with Crippen LogP contribution < -0.4 is 14.8 Å². The van der Waals surface area contributed by atoms with Gasteiger partial charge in [-0.1, -0.05) is 33.8 Å². The molecule has 0 saturated heterocycles. The topological polar surface area (TPSA) is 78.3 Å². The molecule has 0 bridgehead atoms. The number of nitrogens with one attached hydrogen (secondary N) is 1. The van der Waals surface area contributed by atoms with Crippen LogP contribution in [0.25, 0.3) is 0 Å². The van der Waals surface area contributed by atoms with Crippen LogP contribution in [0.4, 0.5) is 5.69 Å². The summed E-state index contributed by atoms with van der Waals surface area (Å²) in [6, 6.07) is 14.8. The summed E-state index contributed by atoms with van der Waals surface area (Å²) < 4.78 is 13.6. The molecule has 0 fully saturated rings. The van der Waals surface area contributed by atoms with Crippen LogP contribution in [0.1, 0.15) is 5.82 Å². The van der Waals surface area contributed by atoms with Gasteiger partial charge in [0, 0.05) is 17.2 Å². The van der Waals surface area contributed by atoms with Crippen LogP contribution in [-0.2, 0) is 18.4 Å². The molecule has 146 valence electrons. The van der Waals surface area contributed by atoms with E-state index in [-0.39, 0.29) is 18.3 Å². The Morgan fingerprint density at radius 1 is 1.18 bits per heavy atom. The van der Waals surface area contributed by atoms with Crippen molar-refractivity contribution >= 4 is 39.3 Å². The highest BCUT2D eigenvalue weighted by atomic mass is 79.9. The molecular weight excluding hydrogens is 444 g/mol. The third-order valence-corrected chi connectivity index (χ3v) is 5.31. The van der Waals surface area contributed by atoms with Crippen molar-refractivity contribution in [3.05, 3.63) is 58.8 Å². The number of rotatable bonds is 8. The molecule has 0 aliphatic carbocycles. The van der Waals surface area contributed by atoms with E-state index in [0.29, 0.717) is 16.7 Å². The zero-order valence-corrected chi connectivity index (χ0v) is 17.8. The van der Waals surface area contributed by atoms with Gasteiger partial charge in [-0.2, -0.15) is 0 Å². The van der Waals surface area contributed by atoms with Gasteiger partial charge in [0.15, 0.2) is 11.0 Å². The molecule has 1 heterocycles. The van der Waals surface area contributed by atoms with Gasteiger partial charge < -0.3 is 19.4 Å². The van der Waals surface area contributed by atoms with Crippen molar-refractivity contribution in [1.82, 2.24) is 14.8 Å². The molecule has 3 rings (SSSR count). The summed E-state index contributed by atoms with van der Waals surface area (Å²) in [5.74, 6) is 2.28. The average molecular weight is 463 g/mol. The summed E-state index contributed by atoms with van der Waals surface area (Å²) >= 11 is 4.70. The van der Waals surface area contributed by atoms with Crippen LogP contribution in [0.3, 0.4) is 0 Å². The Hall–Kier alpha value is -2.52. The fourth-order valence-corrected chi connectivity index (χ4v) is 3.44. The number of anilines is 1. The Kier molecular flexibility index (Phi) is 6.94. The number of nitrogens with zero attached hydrogens (tertiary/aromatic N) is 3. The van der Waals surface area contributed by atoms with Gasteiger partial charge in [-0.25, -0.2) is 0 Å². The molecule has 1 aromatic heterocycles. The monoisotopic (exact) mass is 462 g/mol. The fourth-order valence-electron chi connectivity index (χ4n) is 2.31. The van der Waals surface area contributed by atoms with E-state index in [0.717, 1.165) is 15.9 Å². The number of benzene rings is 2. The first kappa shape index (κ1) is 20.2. The second kappa shape index (κ2) is 9.61. The van der Waals surface area contributed by atoms with Gasteiger partial charge in [0.2, 0.25) is 5.91 Å². The second-order valence-electron chi connectivity index (χ2n) is 5.77. The SMILES string of the molecule is COc1ccc(OCc2nnc(SCC(=O)Nc3cccc(Br)c3)n2C)cc1. The first-order valence-electron chi connectivity index (χ1n) is 8.38. The number of amides is 1. The lowest BCUT2D eigenvalue weighted by Crippen LogP contribution is -2.14. The molecule has 0 spiro atoms. The minimum atomic E-state index is -0.109. The average Bonchev–Trinajstić information content (AvgIpc) is 3.05. The summed E-state index contributed by atoms with van der Waals surface area (Å²) in [4.78, 5) is 12.1. The van der Waals surface area contributed by atoms with Gasteiger partial charge in [0.05, 0.1) is 12.9 Å². The molecule has 0 radical (unpaired) electrons. The molecule has 0 saturated carbocycles. The van der Waals surface area contributed by atoms with E-state index in [4.69, 9.17) is 9.47 Å². The van der Waals surface area contributed by atoms with Crippen molar-refractivity contribution in [1.29, 1.82) is 0 Å². The Balaban J connectivity index is 1.51. The van der Waals surface area contributed by atoms with Crippen molar-refractivity contribution < 1.29 is 14.3 Å². The molecule has 3 aromatic rings. The van der Waals surface area contributed by atoms with Gasteiger partial charge in [-0.05, 0) is 42.5 Å². The number of halogens is 1. The maximum atomic E-state index is 12.1. The lowest BCUT2D eigenvalue weighted by atomic mass is 10.3. The standard InChI is InChI=1S/C19H19BrN4O3S/c1-24-17(11-27-16-8-6-15(26-2)7-9-16)22-23-19(24)28-12-18(25)21-14-5-3-4-13(20)10-14/h3-10H,11-12H2,1-2H3,(H,21,25). The van der Waals surface area contributed by atoms with Crippen LogP contribution in [0.2, 0.25) is 0 Å². The summed E-state index contributed by atoms with van der Waals surface area (Å²) in [7, 11) is 3.47. The van der Waals surface area contributed by atoms with Crippen LogP contribution in [0, 0.1) is 0 Å². The lowest BCUT2D eigenvalue weighted by Gasteiger charge is -2.08. The number of hydrogen-bond acceptors (Lipinski definition) is 6. The number of aromatic nitrogens is 3. The normalized spacial score (nSPS) is 10.5. The Bertz CT molecular complexity index is 947. The number of thioether (sulfide) groups is 1. The number of carbonyl (C=O) groups is 1. The summed E-state index contributed by atoms with van der Waals surface area (Å²) in [5, 5.41) is 11.8. The van der Waals surface area contributed by atoms with E-state index in [9.17, 15) is 4.79 Å². The largest absolute Gasteiger partial charge is 0.497 e. The highest BCUT2D eigenvalue weighted by molar-refractivity contribution is 9.10. The highest BCUT2D eigenvalue weighted by Crippen LogP contribution is 2.20. The molecule has 28 heavy (non-hydrogen) atoms. The number of methoxy groups -OCH3 is 1. The predicted molar refractivity (Wildman–Crippen MR) is 112 cm³/mol. The molecule has 0 atom stereocenters. The van der Waals surface area contributed by atoms with E-state index in [1.54, 1.807) is 7.11 Å². The third kappa shape index (κ3) is 5.49. The van der Waals surface area contributed by atoms with Crippen molar-refractivity contribution in [2.45, 2.75) is 11.8 Å². The molecule has 7 nitrogen and oxygen atoms in total. The minimum absolute atomic E-state index is 0.109. The van der Waals surface area contributed by atoms with Gasteiger partial charge >= 0.3 is 0 Å². The quantitative estimate of drug-likeness (QED) is 0.511. The summed E-state index contributed by atoms with van der Waals surface area (Å²) in [5.41, 5.74) is 0.742. The Labute approximate surface area is 175 Å². The van der Waals surface area contributed by atoms with Crippen LogP contribution >= 0.6 is 27.7 Å². The molecule has 0 unspecified atom stereocenters. The molecule has 9 heteroatoms. The minimum Gasteiger partial charge on any atom is -0.497 e. The zero-order valence-electron chi connectivity index (χ0n) is 15.4. The Morgan fingerprint density at radius 3 is 2.64 bits per heavy atom. The Morgan fingerprint density at radius 2 is 1.93 bits per heavy atom. The molecule has 2 aromatic carbocycles. The van der Waals surface area contributed by atoms with Crippen molar-refractivity contribution in [3.63, 3.8) is 0 Å². The summed E-state index contributed by atoms with van der Waals surface area (Å²) in [6.45, 7) is 0.278. The maximum absolute atomic E-state index is 12.1. The van der Waals surface area contributed by atoms with E-state index < -0.39 is 0 Å². The number of carbonyl (C=O) groups excluding carboxylic acids is 1. The smallest absolute Gasteiger partial charge is 0.234 e. The van der Waals surface area contributed by atoms with E-state index >= 15 is 0 Å². The van der Waals surface area contributed by atoms with Gasteiger partial charge in [0.1, 0.15) is 18.1 Å². The molecule has 1 amide bonds. The van der Waals surface area contributed by atoms with Gasteiger partial charge in [-0.15, -0.1) is 10.2 Å². The van der Waals surface area contributed by atoms with Crippen molar-refractivity contribution in [3.8, 4) is 11.5 Å². The fraction of sp³-hybridized carbons (Fsp3) is 0.211. The lowest BCUT2D eigenvalue weighted by molar-refractivity contribution is -0.113. The van der Waals surface area contributed by atoms with E-state index in [1.165, 1.54) is 11.8 Å². The molecular formula is C19H19BrN4O3S. The predicted octanol–water partition coefficient (Wildman–Crippen LogP) is 3.90. The number of hydrogen-bond donors (Lipinski definition) is 1. The third-order valence-electron chi connectivity index (χ3n) is 3.79. The van der Waals surface area contributed by atoms with E-state index in [1.807, 2.05) is 60.1 Å². The maximum Gasteiger partial charge on any atom is 0.234 e. The number of ether oxygens (including phenoxy) is 2. The van der Waals surface area contributed by atoms with Crippen molar-refractivity contribution in [2.75, 3.05) is 18.2 Å². The van der Waals surface area contributed by atoms with Gasteiger partial charge in [-0.3, -0.25) is 4.79 Å². The summed E-state index contributed by atoms with van der Waals surface area (Å²) in [6.07, 6.45) is 0. The van der Waals surface area contributed by atoms with Crippen LogP contribution in [-0.4, -0.2) is 33.5 Å². The molecule has 0 aliphatic heterocycles. The first-order chi connectivity index (χ1) is 13.5. The first-order valence-corrected chi connectivity index (χ1v) is 10.2. The van der Waals surface area contributed by atoms with Crippen LogP contribution in [0.15, 0.2) is 58.2 Å². The molecule has 0 aliphatic rings. The zero-order chi connectivity index (χ0) is 19.9.